The van der Waals surface area contributed by atoms with E-state index in [0.717, 1.165) is 0 Å². The van der Waals surface area contributed by atoms with Crippen molar-refractivity contribution < 1.29 is 14.7 Å². The van der Waals surface area contributed by atoms with Crippen molar-refractivity contribution in [1.82, 2.24) is 0 Å². The molecule has 5 heteroatoms. The number of aliphatic imine (C=N–C) groups is 1. The number of benzene rings is 1. The fraction of sp³-hybridized carbons (Fsp3) is 0.100. The number of nitrogens with two attached hydrogens (primary N) is 1. The number of amides is 1. The Kier molecular flexibility index (Phi) is 6.20. The largest absolute Gasteiger partial charge is 0.483 e. The molecule has 0 bridgehead atoms. The summed E-state index contributed by atoms with van der Waals surface area (Å²) in [5.74, 6) is -0.0144. The van der Waals surface area contributed by atoms with E-state index in [4.69, 9.17) is 15.6 Å². The Morgan fingerprint density at radius 3 is 2.27 bits per heavy atom. The van der Waals surface area contributed by atoms with Crippen LogP contribution in [0.4, 0.5) is 0 Å². The van der Waals surface area contributed by atoms with Crippen molar-refractivity contribution in [3.8, 4) is 0 Å². The first-order valence-electron chi connectivity index (χ1n) is 4.09. The molecule has 0 unspecified atom stereocenters. The van der Waals surface area contributed by atoms with Crippen molar-refractivity contribution in [2.24, 2.45) is 10.7 Å². The molecule has 1 aromatic rings. The molecule has 0 aromatic heterocycles. The van der Waals surface area contributed by atoms with Gasteiger partial charge in [-0.2, -0.15) is 4.99 Å². The van der Waals surface area contributed by atoms with Gasteiger partial charge in [0.25, 0.3) is 12.4 Å². The summed E-state index contributed by atoms with van der Waals surface area (Å²) >= 11 is 0. The van der Waals surface area contributed by atoms with Gasteiger partial charge in [-0.3, -0.25) is 9.59 Å². The van der Waals surface area contributed by atoms with Crippen molar-refractivity contribution in [2.45, 2.75) is 6.92 Å². The van der Waals surface area contributed by atoms with Gasteiger partial charge in [0.2, 0.25) is 0 Å². The van der Waals surface area contributed by atoms with Crippen molar-refractivity contribution in [1.29, 1.82) is 0 Å². The van der Waals surface area contributed by atoms with Crippen molar-refractivity contribution in [2.75, 3.05) is 0 Å². The van der Waals surface area contributed by atoms with E-state index in [1.165, 1.54) is 0 Å². The number of rotatable bonds is 1. The molecule has 0 atom stereocenters. The molecule has 0 aliphatic carbocycles. The molecule has 0 fully saturated rings. The molecule has 15 heavy (non-hydrogen) atoms. The Morgan fingerprint density at radius 1 is 1.40 bits per heavy atom. The van der Waals surface area contributed by atoms with E-state index >= 15 is 0 Å². The minimum absolute atomic E-state index is 0.250. The van der Waals surface area contributed by atoms with Crippen LogP contribution in [0.3, 0.4) is 0 Å². The molecule has 0 spiro atoms. The summed E-state index contributed by atoms with van der Waals surface area (Å²) in [7, 11) is 0. The van der Waals surface area contributed by atoms with E-state index < -0.39 is 0 Å². The predicted molar refractivity (Wildman–Crippen MR) is 56.8 cm³/mol. The van der Waals surface area contributed by atoms with E-state index in [1.807, 2.05) is 6.07 Å². The van der Waals surface area contributed by atoms with E-state index in [0.29, 0.717) is 5.56 Å². The van der Waals surface area contributed by atoms with Crippen LogP contribution in [0.5, 0.6) is 0 Å². The lowest BCUT2D eigenvalue weighted by atomic mass is 10.2. The highest BCUT2D eigenvalue weighted by Crippen LogP contribution is 1.99. The van der Waals surface area contributed by atoms with Crippen LogP contribution in [-0.2, 0) is 4.79 Å². The maximum absolute atomic E-state index is 11.2. The Morgan fingerprint density at radius 2 is 1.87 bits per heavy atom. The van der Waals surface area contributed by atoms with Crippen molar-refractivity contribution in [3.63, 3.8) is 0 Å². The first-order chi connectivity index (χ1) is 7.11. The summed E-state index contributed by atoms with van der Waals surface area (Å²) < 4.78 is 0. The zero-order valence-corrected chi connectivity index (χ0v) is 8.25. The van der Waals surface area contributed by atoms with E-state index in [9.17, 15) is 4.79 Å². The summed E-state index contributed by atoms with van der Waals surface area (Å²) in [6.07, 6.45) is 0. The third-order valence-corrected chi connectivity index (χ3v) is 1.30. The number of carbonyl (C=O) groups excluding carboxylic acids is 1. The lowest BCUT2D eigenvalue weighted by Crippen LogP contribution is -2.09. The van der Waals surface area contributed by atoms with Crippen molar-refractivity contribution >= 4 is 18.2 Å². The molecule has 0 saturated heterocycles. The van der Waals surface area contributed by atoms with Crippen LogP contribution in [0, 0.1) is 0 Å². The molecular formula is C10H12N2O3. The number of amidine groups is 1. The quantitative estimate of drug-likeness (QED) is 0.407. The molecule has 80 valence electrons. The normalized spacial score (nSPS) is 9.80. The summed E-state index contributed by atoms with van der Waals surface area (Å²) in [6.45, 7) is 1.33. The Labute approximate surface area is 87.2 Å². The van der Waals surface area contributed by atoms with E-state index in [1.54, 1.807) is 31.2 Å². The fourth-order valence-corrected chi connectivity index (χ4v) is 0.805. The molecule has 0 aliphatic rings. The number of carboxylic acid groups (broad SMARTS) is 1. The van der Waals surface area contributed by atoms with Gasteiger partial charge in [0, 0.05) is 5.56 Å². The maximum atomic E-state index is 11.2. The van der Waals surface area contributed by atoms with E-state index in [-0.39, 0.29) is 18.2 Å². The Balaban J connectivity index is 0.000000583. The second-order valence-electron chi connectivity index (χ2n) is 2.53. The van der Waals surface area contributed by atoms with E-state index in [2.05, 4.69) is 4.99 Å². The molecule has 5 nitrogen and oxygen atoms in total. The van der Waals surface area contributed by atoms with Gasteiger partial charge in [-0.25, -0.2) is 0 Å². The van der Waals surface area contributed by atoms with Crippen LogP contribution in [-0.4, -0.2) is 23.3 Å². The smallest absolute Gasteiger partial charge is 0.290 e. The third-order valence-electron chi connectivity index (χ3n) is 1.30. The van der Waals surface area contributed by atoms with Gasteiger partial charge in [-0.15, -0.1) is 0 Å². The number of carbonyl (C=O) groups is 2. The molecule has 0 saturated carbocycles. The molecule has 1 amide bonds. The minimum atomic E-state index is -0.296. The molecule has 3 N–H and O–H groups in total. The zero-order valence-electron chi connectivity index (χ0n) is 8.25. The fourth-order valence-electron chi connectivity index (χ4n) is 0.805. The van der Waals surface area contributed by atoms with Gasteiger partial charge in [0.05, 0.1) is 0 Å². The molecule has 1 aromatic carbocycles. The van der Waals surface area contributed by atoms with Crippen LogP contribution >= 0.6 is 0 Å². The zero-order chi connectivity index (χ0) is 11.7. The monoisotopic (exact) mass is 208 g/mol. The third kappa shape index (κ3) is 5.98. The topological polar surface area (TPSA) is 92.8 Å². The van der Waals surface area contributed by atoms with Gasteiger partial charge in [0.1, 0.15) is 5.84 Å². The standard InChI is InChI=1S/C9H10N2O.CH2O2/c1-7(10)11-9(12)8-5-3-2-4-6-8;2-1-3/h2-6H,1H3,(H2,10,11,12);1H,(H,2,3). The molecule has 1 rings (SSSR count). The molecular weight excluding hydrogens is 196 g/mol. The predicted octanol–water partition coefficient (Wildman–Crippen LogP) is 0.905. The molecule has 0 heterocycles. The highest BCUT2D eigenvalue weighted by atomic mass is 16.3. The van der Waals surface area contributed by atoms with Gasteiger partial charge >= 0.3 is 0 Å². The highest BCUT2D eigenvalue weighted by Gasteiger charge is 2.00. The summed E-state index contributed by atoms with van der Waals surface area (Å²) in [4.78, 5) is 23.2. The molecule has 0 radical (unpaired) electrons. The highest BCUT2D eigenvalue weighted by molar-refractivity contribution is 6.02. The van der Waals surface area contributed by atoms with Crippen LogP contribution < -0.4 is 5.73 Å². The second-order valence-corrected chi connectivity index (χ2v) is 2.53. The lowest BCUT2D eigenvalue weighted by molar-refractivity contribution is -0.122. The lowest BCUT2D eigenvalue weighted by Gasteiger charge is -1.93. The number of nitrogens with zero attached hydrogens (tertiary/aromatic N) is 1. The maximum Gasteiger partial charge on any atom is 0.290 e. The number of hydrogen-bond donors (Lipinski definition) is 2. The number of hydrogen-bond acceptors (Lipinski definition) is 2. The summed E-state index contributed by atoms with van der Waals surface area (Å²) in [5.41, 5.74) is 5.82. The second kappa shape index (κ2) is 7.25. The average Bonchev–Trinajstić information content (AvgIpc) is 2.19. The van der Waals surface area contributed by atoms with Gasteiger partial charge in [-0.1, -0.05) is 18.2 Å². The molecule has 0 aliphatic heterocycles. The Bertz CT molecular complexity index is 343. The average molecular weight is 208 g/mol. The first kappa shape index (κ1) is 12.8. The Hall–Kier alpha value is -2.17. The minimum Gasteiger partial charge on any atom is -0.483 e. The summed E-state index contributed by atoms with van der Waals surface area (Å²) in [5, 5.41) is 6.89. The van der Waals surface area contributed by atoms with Crippen LogP contribution in [0.2, 0.25) is 0 Å². The van der Waals surface area contributed by atoms with Crippen molar-refractivity contribution in [3.05, 3.63) is 35.9 Å². The SMILES string of the molecule is CC(N)=NC(=O)c1ccccc1.O=CO. The van der Waals surface area contributed by atoms with Crippen LogP contribution in [0.1, 0.15) is 17.3 Å². The van der Waals surface area contributed by atoms with Crippen LogP contribution in [0.15, 0.2) is 35.3 Å². The first-order valence-corrected chi connectivity index (χ1v) is 4.09. The summed E-state index contributed by atoms with van der Waals surface area (Å²) in [6, 6.07) is 8.82. The van der Waals surface area contributed by atoms with Gasteiger partial charge in [0.15, 0.2) is 0 Å². The van der Waals surface area contributed by atoms with Gasteiger partial charge < -0.3 is 10.8 Å². The van der Waals surface area contributed by atoms with Gasteiger partial charge in [-0.05, 0) is 19.1 Å². The van der Waals surface area contributed by atoms with Crippen LogP contribution in [0.25, 0.3) is 0 Å².